The lowest BCUT2D eigenvalue weighted by atomic mass is 9.33. The van der Waals surface area contributed by atoms with Crippen molar-refractivity contribution in [1.82, 2.24) is 4.90 Å². The third kappa shape index (κ3) is 7.62. The van der Waals surface area contributed by atoms with Gasteiger partial charge in [-0.15, -0.1) is 0 Å². The van der Waals surface area contributed by atoms with E-state index in [9.17, 15) is 15.0 Å². The number of carbonyl (C=O) groups is 1. The monoisotopic (exact) mass is 752 g/mol. The normalized spacial score (nSPS) is 31.6. The van der Waals surface area contributed by atoms with Crippen LogP contribution in [0.5, 0.6) is 11.5 Å². The zero-order valence-corrected chi connectivity index (χ0v) is 35.2. The molecule has 0 aromatic heterocycles. The van der Waals surface area contributed by atoms with Crippen molar-refractivity contribution in [3.8, 4) is 11.5 Å². The van der Waals surface area contributed by atoms with Crippen LogP contribution in [0, 0.1) is 22.7 Å². The Morgan fingerprint density at radius 3 is 2.02 bits per heavy atom. The summed E-state index contributed by atoms with van der Waals surface area (Å²) in [5.41, 5.74) is 0.783. The fraction of sp³-hybridized carbons (Fsp3) is 0.851. The van der Waals surface area contributed by atoms with E-state index in [0.717, 1.165) is 57.4 Å². The van der Waals surface area contributed by atoms with Crippen molar-refractivity contribution in [2.75, 3.05) is 20.2 Å². The number of nitrogens with zero attached hydrogens (tertiary/aromatic N) is 1. The molecular weight excluding hydrogens is 675 g/mol. The summed E-state index contributed by atoms with van der Waals surface area (Å²) in [6.07, 6.45) is 27.8. The van der Waals surface area contributed by atoms with Gasteiger partial charge in [0, 0.05) is 48.4 Å². The summed E-state index contributed by atoms with van der Waals surface area (Å²) in [6, 6.07) is 4.46. The van der Waals surface area contributed by atoms with Crippen LogP contribution in [0.2, 0.25) is 0 Å². The van der Waals surface area contributed by atoms with Crippen molar-refractivity contribution >= 4 is 5.97 Å². The van der Waals surface area contributed by atoms with E-state index in [4.69, 9.17) is 14.6 Å². The largest absolute Gasteiger partial charge is 0.504 e. The molecule has 5 fully saturated rings. The Morgan fingerprint density at radius 1 is 0.889 bits per heavy atom. The molecule has 7 aliphatic rings. The van der Waals surface area contributed by atoms with Crippen molar-refractivity contribution in [3.05, 3.63) is 23.3 Å². The minimum absolute atomic E-state index is 0.0294. The Bertz CT molecular complexity index is 1420. The summed E-state index contributed by atoms with van der Waals surface area (Å²) < 4.78 is 13.5. The third-order valence-electron chi connectivity index (χ3n) is 15.9. The minimum Gasteiger partial charge on any atom is -0.504 e. The molecule has 306 valence electrons. The Labute approximate surface area is 328 Å². The maximum Gasteiger partial charge on any atom is 0.303 e. The van der Waals surface area contributed by atoms with Crippen molar-refractivity contribution in [2.45, 2.75) is 211 Å². The predicted molar refractivity (Wildman–Crippen MR) is 217 cm³/mol. The summed E-state index contributed by atoms with van der Waals surface area (Å²) in [5, 5.41) is 31.7. The van der Waals surface area contributed by atoms with E-state index in [1.165, 1.54) is 114 Å². The second kappa shape index (κ2) is 16.9. The number of methoxy groups -OCH3 is 1. The van der Waals surface area contributed by atoms with E-state index in [2.05, 4.69) is 38.7 Å². The number of hydrogen-bond acceptors (Lipinski definition) is 6. The number of phenolic OH excluding ortho intramolecular Hbond substituents is 1. The molecule has 7 nitrogen and oxygen atoms in total. The number of piperidine rings is 1. The number of hydrogen-bond donors (Lipinski definition) is 3. The van der Waals surface area contributed by atoms with Gasteiger partial charge in [-0.3, -0.25) is 9.69 Å². The summed E-state index contributed by atoms with van der Waals surface area (Å²) in [4.78, 5) is 13.2. The van der Waals surface area contributed by atoms with Crippen LogP contribution in [-0.4, -0.2) is 69.7 Å². The molecule has 4 bridgehead atoms. The number of likely N-dealkylation sites (tertiary alicyclic amines) is 1. The molecule has 1 aromatic carbocycles. The number of phenols is 1. The number of aromatic hydroxyl groups is 1. The molecule has 7 atom stereocenters. The number of rotatable bonds is 20. The molecule has 1 saturated heterocycles. The number of fused-ring (bicyclic) bond motifs is 2. The van der Waals surface area contributed by atoms with Gasteiger partial charge in [0.05, 0.1) is 5.60 Å². The van der Waals surface area contributed by atoms with Crippen LogP contribution in [0.1, 0.15) is 187 Å². The molecule has 0 amide bonds. The van der Waals surface area contributed by atoms with Gasteiger partial charge in [0.2, 0.25) is 0 Å². The van der Waals surface area contributed by atoms with Gasteiger partial charge in [-0.05, 0) is 87.8 Å². The summed E-state index contributed by atoms with van der Waals surface area (Å²) in [5.74, 6) is 1.15. The standard InChI is InChI=1S/C29H41NO4.C18H36O2/c1-25(2,3)26(4,32)20-15-27-10-11-29(20,33-5)24-28(27)12-13-30(16-17-6-7-17)21(27)14-18-8-9-19(31)23(34-24)22(18)28;1-2-3-4-5-6-7-8-9-10-11-12-13-14-15-16-17-18(19)20/h8-9,17,20-21,24,31-32H,6-7,10-16H2,1-5H3;2-17H2,1H3,(H,19,20)/t20-,21-,24-,26+,27-,28+,29+;/m1./s1. The van der Waals surface area contributed by atoms with E-state index in [-0.39, 0.29) is 34.0 Å². The zero-order valence-electron chi connectivity index (χ0n) is 35.2. The van der Waals surface area contributed by atoms with Crippen molar-refractivity contribution in [3.63, 3.8) is 0 Å². The Balaban J connectivity index is 0.000000216. The molecule has 4 saturated carbocycles. The van der Waals surface area contributed by atoms with Crippen LogP contribution in [0.25, 0.3) is 0 Å². The van der Waals surface area contributed by atoms with Crippen molar-refractivity contribution in [1.29, 1.82) is 0 Å². The fourth-order valence-electron chi connectivity index (χ4n) is 12.2. The summed E-state index contributed by atoms with van der Waals surface area (Å²) in [6.45, 7) is 13.1. The van der Waals surface area contributed by atoms with Crippen LogP contribution >= 0.6 is 0 Å². The fourth-order valence-corrected chi connectivity index (χ4v) is 12.2. The minimum atomic E-state index is -0.909. The van der Waals surface area contributed by atoms with Crippen LogP contribution in [0.3, 0.4) is 0 Å². The van der Waals surface area contributed by atoms with E-state index in [0.29, 0.717) is 18.2 Å². The lowest BCUT2D eigenvalue weighted by molar-refractivity contribution is -0.312. The summed E-state index contributed by atoms with van der Waals surface area (Å²) >= 11 is 0. The highest BCUT2D eigenvalue weighted by Crippen LogP contribution is 2.78. The highest BCUT2D eigenvalue weighted by Gasteiger charge is 2.82. The van der Waals surface area contributed by atoms with E-state index < -0.39 is 17.2 Å². The quantitative estimate of drug-likeness (QED) is 0.114. The van der Waals surface area contributed by atoms with Crippen LogP contribution in [-0.2, 0) is 21.4 Å². The molecule has 3 N–H and O–H groups in total. The Hall–Kier alpha value is -1.83. The van der Waals surface area contributed by atoms with Gasteiger partial charge < -0.3 is 24.8 Å². The molecule has 1 aromatic rings. The Morgan fingerprint density at radius 2 is 1.48 bits per heavy atom. The van der Waals surface area contributed by atoms with Crippen LogP contribution < -0.4 is 4.74 Å². The number of benzene rings is 1. The summed E-state index contributed by atoms with van der Waals surface area (Å²) in [7, 11) is 1.83. The molecule has 8 rings (SSSR count). The highest BCUT2D eigenvalue weighted by molar-refractivity contribution is 5.66. The maximum absolute atomic E-state index is 12.2. The van der Waals surface area contributed by atoms with Gasteiger partial charge in [0.1, 0.15) is 11.7 Å². The highest BCUT2D eigenvalue weighted by atomic mass is 16.6. The SMILES string of the molecule is CCCCCCCCCCCCCCCCCC(=O)O.CO[C@@]12CC[C@@]3(C[C@@H]1[C@](C)(O)C(C)(C)C)[C@H]1Cc4ccc(O)c5c4[C@@]3(CCN1CC1CC1)[C@H]2O5. The van der Waals surface area contributed by atoms with E-state index in [1.807, 2.05) is 20.1 Å². The second-order valence-electron chi connectivity index (χ2n) is 19.9. The van der Waals surface area contributed by atoms with Gasteiger partial charge in [-0.2, -0.15) is 0 Å². The smallest absolute Gasteiger partial charge is 0.303 e. The maximum atomic E-state index is 12.2. The van der Waals surface area contributed by atoms with Crippen molar-refractivity contribution in [2.24, 2.45) is 22.7 Å². The molecule has 0 unspecified atom stereocenters. The lowest BCUT2D eigenvalue weighted by Crippen LogP contribution is -2.83. The second-order valence-corrected chi connectivity index (χ2v) is 19.9. The number of ether oxygens (including phenoxy) is 2. The number of carboxylic acids is 1. The predicted octanol–water partition coefficient (Wildman–Crippen LogP) is 10.7. The average Bonchev–Trinajstić information content (AvgIpc) is 3.88. The molecule has 5 aliphatic carbocycles. The Kier molecular flexibility index (Phi) is 13.1. The van der Waals surface area contributed by atoms with Gasteiger partial charge in [-0.1, -0.05) is 124 Å². The first-order valence-electron chi connectivity index (χ1n) is 22.5. The first kappa shape index (κ1) is 41.8. The number of aliphatic carboxylic acids is 1. The van der Waals surface area contributed by atoms with Gasteiger partial charge in [0.15, 0.2) is 11.5 Å². The molecular formula is C47H77NO6. The number of carboxylic acid groups (broad SMARTS) is 1. The van der Waals surface area contributed by atoms with E-state index in [1.54, 1.807) is 0 Å². The zero-order chi connectivity index (χ0) is 38.8. The first-order chi connectivity index (χ1) is 25.8. The number of aliphatic hydroxyl groups is 1. The van der Waals surface area contributed by atoms with Crippen LogP contribution in [0.15, 0.2) is 12.1 Å². The molecule has 7 heteroatoms. The van der Waals surface area contributed by atoms with Crippen LogP contribution in [0.4, 0.5) is 0 Å². The molecule has 0 radical (unpaired) electrons. The third-order valence-corrected chi connectivity index (χ3v) is 15.9. The van der Waals surface area contributed by atoms with Gasteiger partial charge in [0.25, 0.3) is 0 Å². The number of unbranched alkanes of at least 4 members (excludes halogenated alkanes) is 14. The molecule has 54 heavy (non-hydrogen) atoms. The van der Waals surface area contributed by atoms with E-state index >= 15 is 0 Å². The average molecular weight is 752 g/mol. The molecule has 2 heterocycles. The van der Waals surface area contributed by atoms with Gasteiger partial charge in [-0.25, -0.2) is 0 Å². The first-order valence-corrected chi connectivity index (χ1v) is 22.5. The topological polar surface area (TPSA) is 99.5 Å². The van der Waals surface area contributed by atoms with Gasteiger partial charge >= 0.3 is 5.97 Å². The lowest BCUT2D eigenvalue weighted by Gasteiger charge is -2.75. The molecule has 2 aliphatic heterocycles. The molecule has 2 spiro atoms. The van der Waals surface area contributed by atoms with Crippen molar-refractivity contribution < 1.29 is 29.6 Å².